The average Bonchev–Trinajstić information content (AvgIpc) is 2.37. The Balaban J connectivity index is 2.22. The van der Waals surface area contributed by atoms with Gasteiger partial charge in [0.2, 0.25) is 10.0 Å². The highest BCUT2D eigenvalue weighted by Gasteiger charge is 2.17. The number of halogens is 2. The van der Waals surface area contributed by atoms with E-state index in [4.69, 9.17) is 0 Å². The summed E-state index contributed by atoms with van der Waals surface area (Å²) in [6, 6.07) is 6.74. The Hall–Kier alpha value is -0.760. The van der Waals surface area contributed by atoms with E-state index in [9.17, 15) is 8.42 Å². The van der Waals surface area contributed by atoms with Crippen LogP contribution in [-0.2, 0) is 16.6 Å². The van der Waals surface area contributed by atoms with Crippen molar-refractivity contribution >= 4 is 41.9 Å². The van der Waals surface area contributed by atoms with Crippen LogP contribution in [-0.4, -0.2) is 13.4 Å². The molecule has 0 aliphatic carbocycles. The maximum atomic E-state index is 12.3. The molecule has 0 fully saturated rings. The van der Waals surface area contributed by atoms with Crippen LogP contribution in [0.3, 0.4) is 0 Å². The minimum Gasteiger partial charge on any atom is -0.264 e. The van der Waals surface area contributed by atoms with Gasteiger partial charge in [-0.1, -0.05) is 15.9 Å². The number of hydrogen-bond donors (Lipinski definition) is 1. The summed E-state index contributed by atoms with van der Waals surface area (Å²) < 4.78 is 28.5. The fraction of sp³-hybridized carbons (Fsp3) is 0.154. The number of hydrogen-bond acceptors (Lipinski definition) is 3. The van der Waals surface area contributed by atoms with Gasteiger partial charge in [-0.2, -0.15) is 0 Å². The molecule has 0 unspecified atom stereocenters. The number of benzene rings is 1. The lowest BCUT2D eigenvalue weighted by atomic mass is 10.2. The van der Waals surface area contributed by atoms with E-state index in [1.165, 1.54) is 0 Å². The highest BCUT2D eigenvalue weighted by molar-refractivity contribution is 9.11. The molecule has 0 bridgehead atoms. The summed E-state index contributed by atoms with van der Waals surface area (Å²) in [4.78, 5) is 4.20. The van der Waals surface area contributed by atoms with Gasteiger partial charge in [0.15, 0.2) is 0 Å². The quantitative estimate of drug-likeness (QED) is 0.826. The molecule has 0 aliphatic heterocycles. The highest BCUT2D eigenvalue weighted by atomic mass is 79.9. The lowest BCUT2D eigenvalue weighted by Crippen LogP contribution is -2.24. The van der Waals surface area contributed by atoms with E-state index in [-0.39, 0.29) is 11.4 Å². The third kappa shape index (κ3) is 3.66. The Morgan fingerprint density at radius 3 is 2.65 bits per heavy atom. The zero-order valence-electron chi connectivity index (χ0n) is 10.6. The van der Waals surface area contributed by atoms with Crippen molar-refractivity contribution < 1.29 is 8.42 Å². The molecule has 0 spiro atoms. The van der Waals surface area contributed by atoms with Gasteiger partial charge >= 0.3 is 0 Å². The topological polar surface area (TPSA) is 59.1 Å². The second-order valence-corrected chi connectivity index (χ2v) is 7.71. The largest absolute Gasteiger partial charge is 0.264 e. The Kier molecular flexibility index (Phi) is 4.95. The first kappa shape index (κ1) is 15.6. The summed E-state index contributed by atoms with van der Waals surface area (Å²) in [5, 5.41) is 0. The minimum absolute atomic E-state index is 0.215. The predicted octanol–water partition coefficient (Wildman–Crippen LogP) is 3.39. The number of rotatable bonds is 4. The molecule has 0 saturated carbocycles. The second kappa shape index (κ2) is 6.34. The molecule has 0 amide bonds. The SMILES string of the molecule is Cc1cnccc1CNS(=O)(=O)c1ccc(Br)cc1Br. The fourth-order valence-electron chi connectivity index (χ4n) is 1.64. The molecule has 0 radical (unpaired) electrons. The maximum absolute atomic E-state index is 12.3. The first-order valence-electron chi connectivity index (χ1n) is 5.74. The summed E-state index contributed by atoms with van der Waals surface area (Å²) in [7, 11) is -3.56. The van der Waals surface area contributed by atoms with Crippen LogP contribution in [0.1, 0.15) is 11.1 Å². The van der Waals surface area contributed by atoms with Gasteiger partial charge in [-0.05, 0) is 58.2 Å². The van der Waals surface area contributed by atoms with Crippen LogP contribution in [0.25, 0.3) is 0 Å². The molecule has 2 rings (SSSR count). The Bertz CT molecular complexity index is 733. The van der Waals surface area contributed by atoms with Crippen molar-refractivity contribution in [3.8, 4) is 0 Å². The van der Waals surface area contributed by atoms with Crippen molar-refractivity contribution in [2.45, 2.75) is 18.4 Å². The summed E-state index contributed by atoms with van der Waals surface area (Å²) in [5.74, 6) is 0. The van der Waals surface area contributed by atoms with E-state index < -0.39 is 10.0 Å². The molecule has 0 aliphatic rings. The lowest BCUT2D eigenvalue weighted by molar-refractivity contribution is 0.580. The fourth-order valence-corrected chi connectivity index (χ4v) is 4.39. The van der Waals surface area contributed by atoms with Crippen LogP contribution in [0, 0.1) is 6.92 Å². The molecule has 7 heteroatoms. The number of aryl methyl sites for hydroxylation is 1. The van der Waals surface area contributed by atoms with Gasteiger partial charge in [-0.3, -0.25) is 4.98 Å². The van der Waals surface area contributed by atoms with Crippen molar-refractivity contribution in [1.29, 1.82) is 0 Å². The Labute approximate surface area is 134 Å². The van der Waals surface area contributed by atoms with Crippen molar-refractivity contribution in [2.75, 3.05) is 0 Å². The molecular formula is C13H12Br2N2O2S. The maximum Gasteiger partial charge on any atom is 0.241 e. The van der Waals surface area contributed by atoms with Crippen LogP contribution < -0.4 is 4.72 Å². The number of aromatic nitrogens is 1. The Morgan fingerprint density at radius 1 is 1.25 bits per heavy atom. The van der Waals surface area contributed by atoms with Crippen molar-refractivity contribution in [2.24, 2.45) is 0 Å². The van der Waals surface area contributed by atoms with Gasteiger partial charge in [0.05, 0.1) is 4.90 Å². The monoisotopic (exact) mass is 418 g/mol. The van der Waals surface area contributed by atoms with Gasteiger partial charge in [0.1, 0.15) is 0 Å². The van der Waals surface area contributed by atoms with Gasteiger partial charge in [-0.25, -0.2) is 13.1 Å². The number of nitrogens with zero attached hydrogens (tertiary/aromatic N) is 1. The van der Waals surface area contributed by atoms with Gasteiger partial charge in [-0.15, -0.1) is 0 Å². The molecule has 1 heterocycles. The molecule has 4 nitrogen and oxygen atoms in total. The third-order valence-electron chi connectivity index (χ3n) is 2.77. The molecule has 1 aromatic carbocycles. The van der Waals surface area contributed by atoms with Crippen molar-refractivity contribution in [3.05, 3.63) is 56.7 Å². The standard InChI is InChI=1S/C13H12Br2N2O2S/c1-9-7-16-5-4-10(9)8-17-20(18,19)13-3-2-11(14)6-12(13)15/h2-7,17H,8H2,1H3. The van der Waals surface area contributed by atoms with E-state index >= 15 is 0 Å². The van der Waals surface area contributed by atoms with Crippen molar-refractivity contribution in [1.82, 2.24) is 9.71 Å². The minimum atomic E-state index is -3.56. The van der Waals surface area contributed by atoms with E-state index in [1.807, 2.05) is 6.92 Å². The molecule has 1 N–H and O–H groups in total. The van der Waals surface area contributed by atoms with E-state index in [2.05, 4.69) is 41.6 Å². The van der Waals surface area contributed by atoms with E-state index in [0.29, 0.717) is 4.47 Å². The molecule has 0 saturated heterocycles. The van der Waals surface area contributed by atoms with Crippen LogP contribution in [0.2, 0.25) is 0 Å². The third-order valence-corrected chi connectivity index (χ3v) is 5.64. The summed E-state index contributed by atoms with van der Waals surface area (Å²) in [6.07, 6.45) is 3.35. The first-order chi connectivity index (χ1) is 9.40. The smallest absolute Gasteiger partial charge is 0.241 e. The molecule has 20 heavy (non-hydrogen) atoms. The molecule has 0 atom stereocenters. The van der Waals surface area contributed by atoms with Gasteiger partial charge in [0, 0.05) is 27.9 Å². The summed E-state index contributed by atoms with van der Waals surface area (Å²) >= 11 is 6.56. The van der Waals surface area contributed by atoms with E-state index in [1.54, 1.807) is 36.7 Å². The zero-order valence-corrected chi connectivity index (χ0v) is 14.6. The lowest BCUT2D eigenvalue weighted by Gasteiger charge is -2.10. The highest BCUT2D eigenvalue weighted by Crippen LogP contribution is 2.25. The van der Waals surface area contributed by atoms with Gasteiger partial charge < -0.3 is 0 Å². The molecule has 106 valence electrons. The molecule has 1 aromatic heterocycles. The van der Waals surface area contributed by atoms with E-state index in [0.717, 1.165) is 15.6 Å². The van der Waals surface area contributed by atoms with Crippen molar-refractivity contribution in [3.63, 3.8) is 0 Å². The number of pyridine rings is 1. The molecular weight excluding hydrogens is 408 g/mol. The number of sulfonamides is 1. The normalized spacial score (nSPS) is 11.6. The second-order valence-electron chi connectivity index (χ2n) is 4.20. The molecule has 2 aromatic rings. The van der Waals surface area contributed by atoms with Crippen LogP contribution in [0.5, 0.6) is 0 Å². The van der Waals surface area contributed by atoms with Gasteiger partial charge in [0.25, 0.3) is 0 Å². The van der Waals surface area contributed by atoms with Crippen LogP contribution >= 0.6 is 31.9 Å². The summed E-state index contributed by atoms with van der Waals surface area (Å²) in [5.41, 5.74) is 1.85. The zero-order chi connectivity index (χ0) is 14.8. The average molecular weight is 420 g/mol. The Morgan fingerprint density at radius 2 is 2.00 bits per heavy atom. The summed E-state index contributed by atoms with van der Waals surface area (Å²) in [6.45, 7) is 2.13. The van der Waals surface area contributed by atoms with Crippen LogP contribution in [0.4, 0.5) is 0 Å². The predicted molar refractivity (Wildman–Crippen MR) is 84.8 cm³/mol. The number of nitrogens with one attached hydrogen (secondary N) is 1. The first-order valence-corrected chi connectivity index (χ1v) is 8.81. The van der Waals surface area contributed by atoms with Crippen LogP contribution in [0.15, 0.2) is 50.5 Å².